The van der Waals surface area contributed by atoms with Crippen molar-refractivity contribution in [3.05, 3.63) is 86.3 Å². The largest absolute Gasteiger partial charge is 0.321 e. The first-order valence-electron chi connectivity index (χ1n) is 9.01. The van der Waals surface area contributed by atoms with Gasteiger partial charge >= 0.3 is 0 Å². The molecular formula is C21H15Cl4N2O2P. The van der Waals surface area contributed by atoms with Crippen molar-refractivity contribution in [2.45, 2.75) is 6.92 Å². The summed E-state index contributed by atoms with van der Waals surface area (Å²) in [7, 11) is -3.76. The van der Waals surface area contributed by atoms with Crippen LogP contribution in [0.3, 0.4) is 0 Å². The van der Waals surface area contributed by atoms with Gasteiger partial charge in [0.1, 0.15) is 5.69 Å². The quantitative estimate of drug-likeness (QED) is 0.209. The van der Waals surface area contributed by atoms with Gasteiger partial charge in [-0.2, -0.15) is 5.10 Å². The molecule has 3 aromatic rings. The molecule has 0 bridgehead atoms. The average molecular weight is 500 g/mol. The van der Waals surface area contributed by atoms with Crippen molar-refractivity contribution in [2.24, 2.45) is 5.10 Å². The van der Waals surface area contributed by atoms with Crippen LogP contribution in [0.5, 0.6) is 0 Å². The second kappa shape index (κ2) is 8.55. The van der Waals surface area contributed by atoms with E-state index >= 15 is 0 Å². The molecule has 30 heavy (non-hydrogen) atoms. The second-order valence-electron chi connectivity index (χ2n) is 6.36. The Balaban J connectivity index is 2.13. The molecule has 1 aliphatic rings. The fraction of sp³-hybridized carbons (Fsp3) is 0.0952. The molecule has 0 aromatic heterocycles. The molecule has 0 unspecified atom stereocenters. The van der Waals surface area contributed by atoms with E-state index in [2.05, 4.69) is 0 Å². The zero-order valence-electron chi connectivity index (χ0n) is 15.7. The fourth-order valence-electron chi connectivity index (χ4n) is 3.26. The molecule has 9 heteroatoms. The number of rotatable bonds is 4. The number of hydrazone groups is 1. The van der Waals surface area contributed by atoms with Crippen LogP contribution in [0.15, 0.2) is 65.8 Å². The number of halogens is 4. The van der Waals surface area contributed by atoms with Gasteiger partial charge in [-0.25, -0.2) is 5.01 Å². The van der Waals surface area contributed by atoms with Crippen LogP contribution in [0.1, 0.15) is 12.5 Å². The Morgan fingerprint density at radius 3 is 2.03 bits per heavy atom. The Hall–Kier alpha value is -1.52. The number of nitrogens with zero attached hydrogens (tertiary/aromatic N) is 2. The van der Waals surface area contributed by atoms with E-state index in [1.165, 1.54) is 0 Å². The lowest BCUT2D eigenvalue weighted by Gasteiger charge is -2.34. The third kappa shape index (κ3) is 3.46. The number of hydrogen-bond acceptors (Lipinski definition) is 4. The van der Waals surface area contributed by atoms with Crippen LogP contribution in [0.4, 0.5) is 11.4 Å². The van der Waals surface area contributed by atoms with E-state index in [-0.39, 0.29) is 37.5 Å². The van der Waals surface area contributed by atoms with Gasteiger partial charge in [-0.15, -0.1) is 0 Å². The van der Waals surface area contributed by atoms with E-state index in [4.69, 9.17) is 56.0 Å². The molecule has 4 nitrogen and oxygen atoms in total. The van der Waals surface area contributed by atoms with Gasteiger partial charge < -0.3 is 4.52 Å². The molecule has 1 aliphatic heterocycles. The van der Waals surface area contributed by atoms with Crippen LogP contribution >= 0.6 is 53.8 Å². The van der Waals surface area contributed by atoms with Crippen molar-refractivity contribution in [3.8, 4) is 0 Å². The number of fused-ring (bicyclic) bond motifs is 1. The maximum absolute atomic E-state index is 14.4. The van der Waals surface area contributed by atoms with Crippen molar-refractivity contribution in [1.82, 2.24) is 0 Å². The molecule has 0 spiro atoms. The first-order valence-corrected chi connectivity index (χ1v) is 12.1. The van der Waals surface area contributed by atoms with Gasteiger partial charge in [-0.1, -0.05) is 94.9 Å². The van der Waals surface area contributed by atoms with Crippen molar-refractivity contribution < 1.29 is 9.09 Å². The second-order valence-corrected chi connectivity index (χ2v) is 10.1. The summed E-state index contributed by atoms with van der Waals surface area (Å²) >= 11 is 25.9. The van der Waals surface area contributed by atoms with Gasteiger partial charge in [-0.05, 0) is 19.1 Å². The van der Waals surface area contributed by atoms with E-state index in [1.807, 2.05) is 60.7 Å². The monoisotopic (exact) mass is 498 g/mol. The minimum Gasteiger partial charge on any atom is -0.321 e. The Labute approximate surface area is 194 Å². The predicted molar refractivity (Wildman–Crippen MR) is 127 cm³/mol. The van der Waals surface area contributed by atoms with E-state index in [0.29, 0.717) is 16.9 Å². The number of para-hydroxylation sites is 1. The number of benzene rings is 3. The summed E-state index contributed by atoms with van der Waals surface area (Å²) in [6, 6.07) is 18.4. The molecule has 1 atom stereocenters. The smallest absolute Gasteiger partial charge is 0.285 e. The lowest BCUT2D eigenvalue weighted by atomic mass is 10.2. The van der Waals surface area contributed by atoms with Crippen molar-refractivity contribution in [2.75, 3.05) is 11.6 Å². The summed E-state index contributed by atoms with van der Waals surface area (Å²) in [4.78, 5) is 0. The number of anilines is 2. The van der Waals surface area contributed by atoms with Crippen LogP contribution in [-0.4, -0.2) is 12.1 Å². The van der Waals surface area contributed by atoms with E-state index < -0.39 is 7.37 Å². The highest BCUT2D eigenvalue weighted by atomic mass is 35.5. The molecular weight excluding hydrogens is 485 g/mol. The Morgan fingerprint density at radius 2 is 1.43 bits per heavy atom. The summed E-state index contributed by atoms with van der Waals surface area (Å²) in [6.07, 6.45) is 0. The highest BCUT2D eigenvalue weighted by Crippen LogP contribution is 2.60. The third-order valence-electron chi connectivity index (χ3n) is 4.54. The first kappa shape index (κ1) is 21.7. The van der Waals surface area contributed by atoms with Crippen LogP contribution in [-0.2, 0) is 9.09 Å². The summed E-state index contributed by atoms with van der Waals surface area (Å²) in [5, 5.41) is 6.69. The molecule has 3 aromatic carbocycles. The lowest BCUT2D eigenvalue weighted by Crippen LogP contribution is -2.31. The van der Waals surface area contributed by atoms with Crippen molar-refractivity contribution >= 4 is 75.9 Å². The van der Waals surface area contributed by atoms with Crippen LogP contribution in [0.2, 0.25) is 20.1 Å². The Bertz CT molecular complexity index is 1190. The lowest BCUT2D eigenvalue weighted by molar-refractivity contribution is 0.349. The Kier molecular flexibility index (Phi) is 6.18. The fourth-order valence-corrected chi connectivity index (χ4v) is 7.03. The zero-order valence-corrected chi connectivity index (χ0v) is 19.6. The summed E-state index contributed by atoms with van der Waals surface area (Å²) in [6.45, 7) is 1.92. The summed E-state index contributed by atoms with van der Waals surface area (Å²) in [5.41, 5.74) is 1.86. The summed E-state index contributed by atoms with van der Waals surface area (Å²) in [5.74, 6) is 0. The molecule has 0 N–H and O–H groups in total. The SMILES string of the molecule is CCO[P@]1(=O)C(c2ccccc2)=NN(c2ccccc2)c2c(Cl)c(Cl)c(Cl)c(Cl)c21. The molecule has 0 amide bonds. The Morgan fingerprint density at radius 1 is 0.867 bits per heavy atom. The van der Waals surface area contributed by atoms with E-state index in [0.717, 1.165) is 0 Å². The predicted octanol–water partition coefficient (Wildman–Crippen LogP) is 7.75. The molecule has 0 fully saturated rings. The maximum Gasteiger partial charge on any atom is 0.285 e. The first-order chi connectivity index (χ1) is 14.4. The van der Waals surface area contributed by atoms with Crippen LogP contribution in [0.25, 0.3) is 0 Å². The van der Waals surface area contributed by atoms with Crippen molar-refractivity contribution in [1.29, 1.82) is 0 Å². The molecule has 0 aliphatic carbocycles. The van der Waals surface area contributed by atoms with Crippen molar-refractivity contribution in [3.63, 3.8) is 0 Å². The topological polar surface area (TPSA) is 41.9 Å². The minimum absolute atomic E-state index is 0.0179. The highest BCUT2D eigenvalue weighted by Gasteiger charge is 2.45. The molecule has 0 radical (unpaired) electrons. The molecule has 0 saturated carbocycles. The normalized spacial score (nSPS) is 18.2. The highest BCUT2D eigenvalue weighted by molar-refractivity contribution is 7.84. The van der Waals surface area contributed by atoms with E-state index in [1.54, 1.807) is 11.9 Å². The van der Waals surface area contributed by atoms with Gasteiger partial charge in [0.15, 0.2) is 5.45 Å². The van der Waals surface area contributed by atoms with Crippen LogP contribution in [0, 0.1) is 0 Å². The molecule has 1 heterocycles. The van der Waals surface area contributed by atoms with Gasteiger partial charge in [0.25, 0.3) is 7.37 Å². The molecule has 154 valence electrons. The van der Waals surface area contributed by atoms with Gasteiger partial charge in [0.05, 0.1) is 37.7 Å². The maximum atomic E-state index is 14.4. The molecule has 4 rings (SSSR count). The summed E-state index contributed by atoms with van der Waals surface area (Å²) < 4.78 is 20.2. The standard InChI is InChI=1S/C21H15Cl4N2O2P/c1-2-29-30(28)20-18(25)16(23)15(22)17(24)19(20)27(14-11-7-4-8-12-14)26-21(30)13-9-5-3-6-10-13/h3-12H,2H2,1H3/t30-/m0/s1. The number of hydrogen-bond donors (Lipinski definition) is 0. The van der Waals surface area contributed by atoms with E-state index in [9.17, 15) is 4.57 Å². The minimum atomic E-state index is -3.76. The average Bonchev–Trinajstić information content (AvgIpc) is 2.77. The van der Waals surface area contributed by atoms with Gasteiger partial charge in [0.2, 0.25) is 0 Å². The third-order valence-corrected chi connectivity index (χ3v) is 9.02. The van der Waals surface area contributed by atoms with Gasteiger partial charge in [0, 0.05) is 5.56 Å². The van der Waals surface area contributed by atoms with Crippen LogP contribution < -0.4 is 10.3 Å². The molecule has 0 saturated heterocycles. The zero-order chi connectivity index (χ0) is 21.5. The van der Waals surface area contributed by atoms with Gasteiger partial charge in [-0.3, -0.25) is 4.57 Å².